The lowest BCUT2D eigenvalue weighted by Crippen LogP contribution is -2.22. The number of halogens is 1. The number of aliphatic hydroxyl groups excluding tert-OH is 1. The summed E-state index contributed by atoms with van der Waals surface area (Å²) >= 11 is 0. The van der Waals surface area contributed by atoms with Crippen LogP contribution in [0.25, 0.3) is 11.3 Å². The third-order valence-corrected chi connectivity index (χ3v) is 4.27. The third-order valence-electron chi connectivity index (χ3n) is 4.27. The van der Waals surface area contributed by atoms with Crippen molar-refractivity contribution < 1.29 is 9.50 Å². The molecule has 2 rings (SSSR count). The van der Waals surface area contributed by atoms with Gasteiger partial charge in [0.15, 0.2) is 0 Å². The molecule has 0 radical (unpaired) electrons. The van der Waals surface area contributed by atoms with E-state index in [9.17, 15) is 9.50 Å². The zero-order valence-electron chi connectivity index (χ0n) is 16.7. The molecule has 146 valence electrons. The average molecular weight is 372 g/mol. The number of aromatic nitrogens is 2. The Morgan fingerprint density at radius 1 is 1.41 bits per heavy atom. The highest BCUT2D eigenvalue weighted by molar-refractivity contribution is 5.78. The standard InChI is InChI=1S/C21H29FN4O/c1-6-24-12-15(11-23)9-16-13-26(21(3,4)5)25-20(16)18-8-7-17(22)10-19(18)14(2)27/h7-8,10-14,23-24,27H,6,9H2,1-5H3/b15-12-,23-11?/t14-/m1/s1. The molecule has 0 unspecified atom stereocenters. The van der Waals surface area contributed by atoms with Crippen molar-refractivity contribution in [3.63, 3.8) is 0 Å². The van der Waals surface area contributed by atoms with Crippen LogP contribution in [0.1, 0.15) is 51.8 Å². The van der Waals surface area contributed by atoms with E-state index in [1.807, 2.05) is 24.0 Å². The third kappa shape index (κ3) is 5.04. The summed E-state index contributed by atoms with van der Waals surface area (Å²) in [5.74, 6) is -0.390. The SMILES string of the molecule is CCN/C=C(\C=N)Cc1cn(C(C)(C)C)nc1-c1ccc(F)cc1[C@@H](C)O. The normalized spacial score (nSPS) is 13.5. The van der Waals surface area contributed by atoms with Crippen LogP contribution in [0.15, 0.2) is 36.2 Å². The summed E-state index contributed by atoms with van der Waals surface area (Å²) < 4.78 is 15.6. The number of hydrogen-bond acceptors (Lipinski definition) is 4. The largest absolute Gasteiger partial charge is 0.391 e. The number of hydrogen-bond donors (Lipinski definition) is 3. The van der Waals surface area contributed by atoms with Gasteiger partial charge in [-0.2, -0.15) is 5.10 Å². The molecular weight excluding hydrogens is 343 g/mol. The molecule has 0 aliphatic rings. The number of nitrogens with zero attached hydrogens (tertiary/aromatic N) is 2. The lowest BCUT2D eigenvalue weighted by Gasteiger charge is -2.19. The molecule has 0 bridgehead atoms. The van der Waals surface area contributed by atoms with Crippen molar-refractivity contribution in [2.45, 2.75) is 52.7 Å². The second-order valence-corrected chi connectivity index (χ2v) is 7.62. The summed E-state index contributed by atoms with van der Waals surface area (Å²) in [6.07, 6.45) is 4.81. The number of benzene rings is 1. The maximum atomic E-state index is 13.7. The minimum Gasteiger partial charge on any atom is -0.391 e. The average Bonchev–Trinajstić information content (AvgIpc) is 3.02. The van der Waals surface area contributed by atoms with Gasteiger partial charge in [-0.3, -0.25) is 4.68 Å². The Morgan fingerprint density at radius 2 is 2.11 bits per heavy atom. The number of nitrogens with one attached hydrogen (secondary N) is 2. The van der Waals surface area contributed by atoms with E-state index in [1.165, 1.54) is 18.3 Å². The van der Waals surface area contributed by atoms with Gasteiger partial charge in [0.1, 0.15) is 5.82 Å². The van der Waals surface area contributed by atoms with Crippen molar-refractivity contribution in [2.75, 3.05) is 6.54 Å². The van der Waals surface area contributed by atoms with Gasteiger partial charge in [-0.1, -0.05) is 0 Å². The number of rotatable bonds is 7. The fourth-order valence-electron chi connectivity index (χ4n) is 2.80. The summed E-state index contributed by atoms with van der Waals surface area (Å²) in [7, 11) is 0. The van der Waals surface area contributed by atoms with E-state index in [0.717, 1.165) is 17.7 Å². The van der Waals surface area contributed by atoms with Crippen molar-refractivity contribution >= 4 is 6.21 Å². The van der Waals surface area contributed by atoms with E-state index in [2.05, 4.69) is 26.1 Å². The monoisotopic (exact) mass is 372 g/mol. The molecule has 1 heterocycles. The second kappa shape index (κ2) is 8.48. The fraction of sp³-hybridized carbons (Fsp3) is 0.429. The van der Waals surface area contributed by atoms with E-state index in [1.54, 1.807) is 13.0 Å². The Kier molecular flexibility index (Phi) is 6.54. The topological polar surface area (TPSA) is 73.9 Å². The molecular formula is C21H29FN4O. The zero-order valence-corrected chi connectivity index (χ0v) is 16.7. The fourth-order valence-corrected chi connectivity index (χ4v) is 2.80. The molecule has 0 aliphatic heterocycles. The quantitative estimate of drug-likeness (QED) is 0.638. The van der Waals surface area contributed by atoms with E-state index in [4.69, 9.17) is 10.5 Å². The van der Waals surface area contributed by atoms with Crippen LogP contribution in [0.4, 0.5) is 4.39 Å². The molecule has 0 amide bonds. The summed E-state index contributed by atoms with van der Waals surface area (Å²) in [5.41, 5.74) is 3.41. The van der Waals surface area contributed by atoms with Gasteiger partial charge in [0.2, 0.25) is 0 Å². The van der Waals surface area contributed by atoms with Crippen LogP contribution in [-0.4, -0.2) is 27.6 Å². The van der Waals surface area contributed by atoms with Crippen LogP contribution in [0, 0.1) is 11.2 Å². The highest BCUT2D eigenvalue weighted by Gasteiger charge is 2.22. The minimum atomic E-state index is -0.817. The number of aliphatic hydroxyl groups is 1. The molecule has 1 aromatic carbocycles. The first-order chi connectivity index (χ1) is 12.7. The molecule has 6 heteroatoms. The smallest absolute Gasteiger partial charge is 0.123 e. The summed E-state index contributed by atoms with van der Waals surface area (Å²) in [6, 6.07) is 4.40. The van der Waals surface area contributed by atoms with Gasteiger partial charge >= 0.3 is 0 Å². The molecule has 2 aromatic rings. The lowest BCUT2D eigenvalue weighted by molar-refractivity contribution is 0.199. The first kappa shape index (κ1) is 20.8. The maximum Gasteiger partial charge on any atom is 0.123 e. The van der Waals surface area contributed by atoms with Gasteiger partial charge in [0.05, 0.1) is 17.3 Å². The van der Waals surface area contributed by atoms with Crippen LogP contribution in [-0.2, 0) is 12.0 Å². The maximum absolute atomic E-state index is 13.7. The van der Waals surface area contributed by atoms with Gasteiger partial charge in [-0.25, -0.2) is 4.39 Å². The molecule has 1 atom stereocenters. The first-order valence-corrected chi connectivity index (χ1v) is 9.17. The van der Waals surface area contributed by atoms with Gasteiger partial charge in [0, 0.05) is 42.7 Å². The summed E-state index contributed by atoms with van der Waals surface area (Å²) in [5, 5.41) is 25.7. The van der Waals surface area contributed by atoms with Gasteiger partial charge in [-0.05, 0) is 64.0 Å². The lowest BCUT2D eigenvalue weighted by atomic mass is 9.96. The van der Waals surface area contributed by atoms with Gasteiger partial charge in [-0.15, -0.1) is 0 Å². The first-order valence-electron chi connectivity index (χ1n) is 9.17. The Bertz CT molecular complexity index is 831. The Hall–Kier alpha value is -2.47. The summed E-state index contributed by atoms with van der Waals surface area (Å²) in [4.78, 5) is 0. The highest BCUT2D eigenvalue weighted by atomic mass is 19.1. The van der Waals surface area contributed by atoms with Crippen molar-refractivity contribution in [1.29, 1.82) is 5.41 Å². The van der Waals surface area contributed by atoms with E-state index in [-0.39, 0.29) is 5.54 Å². The molecule has 0 aliphatic carbocycles. The van der Waals surface area contributed by atoms with Gasteiger partial charge in [0.25, 0.3) is 0 Å². The van der Waals surface area contributed by atoms with Crippen LogP contribution in [0.2, 0.25) is 0 Å². The van der Waals surface area contributed by atoms with Crippen LogP contribution in [0.3, 0.4) is 0 Å². The number of allylic oxidation sites excluding steroid dienone is 1. The van der Waals surface area contributed by atoms with E-state index < -0.39 is 11.9 Å². The molecule has 0 saturated heterocycles. The van der Waals surface area contributed by atoms with Crippen molar-refractivity contribution in [3.8, 4) is 11.3 Å². The Morgan fingerprint density at radius 3 is 2.67 bits per heavy atom. The van der Waals surface area contributed by atoms with Crippen LogP contribution in [0.5, 0.6) is 0 Å². The van der Waals surface area contributed by atoms with Crippen molar-refractivity contribution in [3.05, 3.63) is 53.1 Å². The predicted molar refractivity (Wildman–Crippen MR) is 107 cm³/mol. The molecule has 1 aromatic heterocycles. The molecule has 0 spiro atoms. The Balaban J connectivity index is 2.62. The predicted octanol–water partition coefficient (Wildman–Crippen LogP) is 4.18. The molecule has 0 fully saturated rings. The van der Waals surface area contributed by atoms with Crippen LogP contribution < -0.4 is 5.32 Å². The summed E-state index contributed by atoms with van der Waals surface area (Å²) in [6.45, 7) is 10.6. The molecule has 5 nitrogen and oxygen atoms in total. The minimum absolute atomic E-state index is 0.228. The van der Waals surface area contributed by atoms with Gasteiger partial charge < -0.3 is 15.8 Å². The van der Waals surface area contributed by atoms with Crippen LogP contribution >= 0.6 is 0 Å². The second-order valence-electron chi connectivity index (χ2n) is 7.62. The molecule has 27 heavy (non-hydrogen) atoms. The van der Waals surface area contributed by atoms with Crippen molar-refractivity contribution in [1.82, 2.24) is 15.1 Å². The zero-order chi connectivity index (χ0) is 20.2. The van der Waals surface area contributed by atoms with Crippen molar-refractivity contribution in [2.24, 2.45) is 0 Å². The highest BCUT2D eigenvalue weighted by Crippen LogP contribution is 2.32. The molecule has 3 N–H and O–H groups in total. The molecule has 0 saturated carbocycles. The van der Waals surface area contributed by atoms with E-state index in [0.29, 0.717) is 23.2 Å². The Labute approximate surface area is 160 Å². The van der Waals surface area contributed by atoms with E-state index >= 15 is 0 Å².